The number of ether oxygens (including phenoxy) is 1. The molecule has 4 rings (SSSR count). The molecule has 154 valence electrons. The fourth-order valence-electron chi connectivity index (χ4n) is 3.74. The summed E-state index contributed by atoms with van der Waals surface area (Å²) < 4.78 is 7.38. The molecule has 0 radical (unpaired) electrons. The maximum absolute atomic E-state index is 13.0. The van der Waals surface area contributed by atoms with Crippen LogP contribution >= 0.6 is 11.3 Å². The first-order valence-corrected chi connectivity index (χ1v) is 10.9. The van der Waals surface area contributed by atoms with Gasteiger partial charge in [-0.3, -0.25) is 9.69 Å². The summed E-state index contributed by atoms with van der Waals surface area (Å²) in [6, 6.07) is 6.47. The van der Waals surface area contributed by atoms with Gasteiger partial charge in [-0.1, -0.05) is 6.07 Å². The fraction of sp³-hybridized carbons (Fsp3) is 0.476. The lowest BCUT2D eigenvalue weighted by atomic mass is 10.1. The number of nitrogens with zero attached hydrogens (tertiary/aromatic N) is 4. The van der Waals surface area contributed by atoms with Gasteiger partial charge in [-0.05, 0) is 38.3 Å². The zero-order valence-electron chi connectivity index (χ0n) is 17.1. The molecule has 1 atom stereocenters. The molecule has 0 saturated carbocycles. The van der Waals surface area contributed by atoms with Crippen LogP contribution in [0.3, 0.4) is 0 Å². The molecule has 3 aromatic rings. The first-order valence-electron chi connectivity index (χ1n) is 10.0. The molecule has 3 aromatic heterocycles. The molecular weight excluding hydrogens is 386 g/mol. The first-order chi connectivity index (χ1) is 14.0. The molecule has 0 unspecified atom stereocenters. The Balaban J connectivity index is 1.52. The maximum Gasteiger partial charge on any atom is 0.253 e. The van der Waals surface area contributed by atoms with Crippen LogP contribution in [0.25, 0.3) is 11.0 Å². The molecule has 0 aliphatic carbocycles. The summed E-state index contributed by atoms with van der Waals surface area (Å²) in [7, 11) is 0. The van der Waals surface area contributed by atoms with Gasteiger partial charge in [0.2, 0.25) is 0 Å². The van der Waals surface area contributed by atoms with Gasteiger partial charge in [0.25, 0.3) is 5.91 Å². The number of hydrogen-bond donors (Lipinski definition) is 1. The lowest BCUT2D eigenvalue weighted by molar-refractivity contribution is 0.0169. The van der Waals surface area contributed by atoms with Crippen LogP contribution in [0.15, 0.2) is 29.8 Å². The Kier molecular flexibility index (Phi) is 5.94. The molecule has 0 aromatic carbocycles. The topological polar surface area (TPSA) is 72.3 Å². The second-order valence-corrected chi connectivity index (χ2v) is 8.59. The smallest absolute Gasteiger partial charge is 0.253 e. The van der Waals surface area contributed by atoms with Crippen molar-refractivity contribution >= 4 is 28.3 Å². The van der Waals surface area contributed by atoms with E-state index in [1.54, 1.807) is 17.5 Å². The van der Waals surface area contributed by atoms with Crippen molar-refractivity contribution in [2.24, 2.45) is 0 Å². The number of hydrogen-bond acceptors (Lipinski definition) is 6. The number of aryl methyl sites for hydroxylation is 1. The Morgan fingerprint density at radius 1 is 1.34 bits per heavy atom. The molecule has 1 aliphatic heterocycles. The quantitative estimate of drug-likeness (QED) is 0.672. The largest absolute Gasteiger partial charge is 0.379 e. The average Bonchev–Trinajstić information content (AvgIpc) is 3.38. The fourth-order valence-corrected chi connectivity index (χ4v) is 4.60. The molecule has 4 heterocycles. The number of rotatable bonds is 6. The lowest BCUT2D eigenvalue weighted by Crippen LogP contribution is -2.43. The number of carbonyl (C=O) groups is 1. The molecule has 1 fully saturated rings. The molecule has 1 amide bonds. The third-order valence-corrected chi connectivity index (χ3v) is 6.28. The van der Waals surface area contributed by atoms with Crippen LogP contribution in [-0.4, -0.2) is 58.4 Å². The summed E-state index contributed by atoms with van der Waals surface area (Å²) in [5.41, 5.74) is 2.14. The SMILES string of the molecule is Cc1nc2c(cnn2C(C)C)cc1C(=O)NC[C@@H](c1cccs1)N1CCOCC1. The van der Waals surface area contributed by atoms with Crippen LogP contribution in [0, 0.1) is 6.92 Å². The van der Waals surface area contributed by atoms with Crippen LogP contribution in [0.5, 0.6) is 0 Å². The van der Waals surface area contributed by atoms with Crippen molar-refractivity contribution in [2.45, 2.75) is 32.9 Å². The summed E-state index contributed by atoms with van der Waals surface area (Å²) in [4.78, 5) is 21.3. The third kappa shape index (κ3) is 4.19. The van der Waals surface area contributed by atoms with E-state index < -0.39 is 0 Å². The summed E-state index contributed by atoms with van der Waals surface area (Å²) in [5.74, 6) is -0.0935. The average molecular weight is 414 g/mol. The highest BCUT2D eigenvalue weighted by Crippen LogP contribution is 2.26. The predicted octanol–water partition coefficient (Wildman–Crippen LogP) is 3.19. The van der Waals surface area contributed by atoms with Gasteiger partial charge in [-0.25, -0.2) is 9.67 Å². The highest BCUT2D eigenvalue weighted by atomic mass is 32.1. The number of thiophene rings is 1. The number of fused-ring (bicyclic) bond motifs is 1. The van der Waals surface area contributed by atoms with Gasteiger partial charge >= 0.3 is 0 Å². The lowest BCUT2D eigenvalue weighted by Gasteiger charge is -2.34. The molecule has 8 heteroatoms. The van der Waals surface area contributed by atoms with E-state index in [1.165, 1.54) is 4.88 Å². The van der Waals surface area contributed by atoms with Gasteiger partial charge in [0.1, 0.15) is 0 Å². The number of morpholine rings is 1. The molecule has 1 saturated heterocycles. The molecule has 1 aliphatic rings. The zero-order chi connectivity index (χ0) is 20.4. The summed E-state index contributed by atoms with van der Waals surface area (Å²) >= 11 is 1.73. The van der Waals surface area contributed by atoms with Crippen molar-refractivity contribution in [3.8, 4) is 0 Å². The number of pyridine rings is 1. The second kappa shape index (κ2) is 8.61. The molecular formula is C21H27N5O2S. The van der Waals surface area contributed by atoms with Crippen molar-refractivity contribution in [1.82, 2.24) is 25.0 Å². The van der Waals surface area contributed by atoms with Gasteiger partial charge in [0.05, 0.1) is 36.7 Å². The van der Waals surface area contributed by atoms with Crippen molar-refractivity contribution < 1.29 is 9.53 Å². The van der Waals surface area contributed by atoms with Gasteiger partial charge in [-0.2, -0.15) is 5.10 Å². The molecule has 7 nitrogen and oxygen atoms in total. The summed E-state index contributed by atoms with van der Waals surface area (Å²) in [5, 5.41) is 10.5. The predicted molar refractivity (Wildman–Crippen MR) is 114 cm³/mol. The van der Waals surface area contributed by atoms with Crippen LogP contribution in [-0.2, 0) is 4.74 Å². The number of aromatic nitrogens is 3. The van der Waals surface area contributed by atoms with E-state index >= 15 is 0 Å². The minimum absolute atomic E-state index is 0.0935. The van der Waals surface area contributed by atoms with Crippen LogP contribution in [0.2, 0.25) is 0 Å². The summed E-state index contributed by atoms with van der Waals surface area (Å²) in [6.07, 6.45) is 1.78. The molecule has 0 bridgehead atoms. The van der Waals surface area contributed by atoms with Crippen molar-refractivity contribution in [1.29, 1.82) is 0 Å². The second-order valence-electron chi connectivity index (χ2n) is 7.61. The summed E-state index contributed by atoms with van der Waals surface area (Å²) in [6.45, 7) is 9.79. The Hall–Kier alpha value is -2.29. The maximum atomic E-state index is 13.0. The Morgan fingerprint density at radius 3 is 2.83 bits per heavy atom. The standard InChI is InChI=1S/C21H27N5O2S/c1-14(2)26-20-16(12-23-26)11-17(15(3)24-20)21(27)22-13-18(19-5-4-10-29-19)25-6-8-28-9-7-25/h4-5,10-12,14,18H,6-9,13H2,1-3H3,(H,22,27)/t18-/m0/s1. The highest BCUT2D eigenvalue weighted by molar-refractivity contribution is 7.10. The van der Waals surface area contributed by atoms with E-state index in [0.717, 1.165) is 43.0 Å². The van der Waals surface area contributed by atoms with Gasteiger partial charge < -0.3 is 10.1 Å². The minimum atomic E-state index is -0.0935. The van der Waals surface area contributed by atoms with Crippen molar-refractivity contribution in [3.63, 3.8) is 0 Å². The van der Waals surface area contributed by atoms with E-state index in [2.05, 4.69) is 51.7 Å². The van der Waals surface area contributed by atoms with Crippen LogP contribution < -0.4 is 5.32 Å². The number of carbonyl (C=O) groups excluding carboxylic acids is 1. The number of nitrogens with one attached hydrogen (secondary N) is 1. The van der Waals surface area contributed by atoms with E-state index in [9.17, 15) is 4.79 Å². The van der Waals surface area contributed by atoms with E-state index in [0.29, 0.717) is 12.1 Å². The Labute approximate surface area is 174 Å². The number of amides is 1. The minimum Gasteiger partial charge on any atom is -0.379 e. The monoisotopic (exact) mass is 413 g/mol. The molecule has 0 spiro atoms. The van der Waals surface area contributed by atoms with Gasteiger partial charge in [-0.15, -0.1) is 11.3 Å². The van der Waals surface area contributed by atoms with E-state index in [4.69, 9.17) is 4.74 Å². The Bertz CT molecular complexity index is 977. The zero-order valence-corrected chi connectivity index (χ0v) is 17.9. The van der Waals surface area contributed by atoms with Crippen LogP contribution in [0.1, 0.15) is 46.9 Å². The molecule has 29 heavy (non-hydrogen) atoms. The Morgan fingerprint density at radius 2 is 2.14 bits per heavy atom. The van der Waals surface area contributed by atoms with Gasteiger partial charge in [0, 0.05) is 35.9 Å². The van der Waals surface area contributed by atoms with Crippen LogP contribution in [0.4, 0.5) is 0 Å². The van der Waals surface area contributed by atoms with Crippen molar-refractivity contribution in [3.05, 3.63) is 45.9 Å². The van der Waals surface area contributed by atoms with Gasteiger partial charge in [0.15, 0.2) is 5.65 Å². The van der Waals surface area contributed by atoms with E-state index in [-0.39, 0.29) is 18.0 Å². The highest BCUT2D eigenvalue weighted by Gasteiger charge is 2.24. The van der Waals surface area contributed by atoms with Crippen molar-refractivity contribution in [2.75, 3.05) is 32.8 Å². The first kappa shape index (κ1) is 20.0. The third-order valence-electron chi connectivity index (χ3n) is 5.31. The molecule has 1 N–H and O–H groups in total. The van der Waals surface area contributed by atoms with E-state index in [1.807, 2.05) is 17.7 Å². The normalized spacial score (nSPS) is 16.4.